The molecule has 0 spiro atoms. The lowest BCUT2D eigenvalue weighted by Crippen LogP contribution is -2.11. The van der Waals surface area contributed by atoms with Crippen molar-refractivity contribution in [3.05, 3.63) is 17.0 Å². The number of amidine groups is 1. The van der Waals surface area contributed by atoms with E-state index in [1.807, 2.05) is 20.8 Å². The van der Waals surface area contributed by atoms with E-state index in [1.54, 1.807) is 11.8 Å². The largest absolute Gasteiger partial charge is 0.409 e. The van der Waals surface area contributed by atoms with Crippen LogP contribution in [0.4, 0.5) is 0 Å². The Morgan fingerprint density at radius 2 is 1.88 bits per heavy atom. The van der Waals surface area contributed by atoms with Crippen LogP contribution in [0.5, 0.6) is 0 Å². The predicted molar refractivity (Wildman–Crippen MR) is 69.6 cm³/mol. The molecule has 1 aromatic heterocycles. The van der Waals surface area contributed by atoms with Crippen LogP contribution in [0.3, 0.4) is 0 Å². The molecular weight excluding hydrogens is 236 g/mol. The third kappa shape index (κ3) is 4.22. The van der Waals surface area contributed by atoms with Crippen molar-refractivity contribution in [2.24, 2.45) is 10.9 Å². The summed E-state index contributed by atoms with van der Waals surface area (Å²) in [5, 5.41) is 12.1. The highest BCUT2D eigenvalue weighted by Crippen LogP contribution is 2.18. The van der Waals surface area contributed by atoms with Crippen LogP contribution in [-0.2, 0) is 0 Å². The molecule has 1 aromatic rings. The fraction of sp³-hybridized carbons (Fsp3) is 0.545. The second kappa shape index (κ2) is 6.44. The van der Waals surface area contributed by atoms with Gasteiger partial charge in [-0.2, -0.15) is 0 Å². The molecule has 94 valence electrons. The second-order valence-electron chi connectivity index (χ2n) is 3.85. The number of thioether (sulfide) groups is 1. The number of aryl methyl sites for hydroxylation is 2. The number of hydrogen-bond donors (Lipinski definition) is 2. The van der Waals surface area contributed by atoms with Gasteiger partial charge in [-0.25, -0.2) is 9.97 Å². The summed E-state index contributed by atoms with van der Waals surface area (Å²) in [6.45, 7) is 6.01. The van der Waals surface area contributed by atoms with Gasteiger partial charge >= 0.3 is 0 Å². The van der Waals surface area contributed by atoms with E-state index in [9.17, 15) is 0 Å². The highest BCUT2D eigenvalue weighted by molar-refractivity contribution is 7.99. The van der Waals surface area contributed by atoms with Crippen LogP contribution in [0, 0.1) is 20.8 Å². The number of rotatable bonds is 5. The highest BCUT2D eigenvalue weighted by atomic mass is 32.2. The molecule has 0 amide bonds. The van der Waals surface area contributed by atoms with Crippen LogP contribution in [0.15, 0.2) is 10.3 Å². The van der Waals surface area contributed by atoms with Crippen molar-refractivity contribution >= 4 is 17.6 Å². The van der Waals surface area contributed by atoms with E-state index in [4.69, 9.17) is 10.9 Å². The summed E-state index contributed by atoms with van der Waals surface area (Å²) in [5.74, 6) is 1.13. The fourth-order valence-electron chi connectivity index (χ4n) is 1.27. The van der Waals surface area contributed by atoms with Crippen molar-refractivity contribution in [3.63, 3.8) is 0 Å². The lowest BCUT2D eigenvalue weighted by Gasteiger charge is -2.06. The predicted octanol–water partition coefficient (Wildman–Crippen LogP) is 2.02. The zero-order valence-electron chi connectivity index (χ0n) is 10.4. The van der Waals surface area contributed by atoms with E-state index in [0.29, 0.717) is 6.42 Å². The summed E-state index contributed by atoms with van der Waals surface area (Å²) in [4.78, 5) is 8.82. The van der Waals surface area contributed by atoms with E-state index in [0.717, 1.165) is 34.3 Å². The first-order valence-corrected chi connectivity index (χ1v) is 6.44. The van der Waals surface area contributed by atoms with Crippen molar-refractivity contribution in [1.82, 2.24) is 9.97 Å². The standard InChI is InChI=1S/C11H18N4OS/c1-7-8(2)13-11(14-9(7)3)17-6-4-5-10(12)15-16/h16H,4-6H2,1-3H3,(H2,12,15). The number of oxime groups is 1. The van der Waals surface area contributed by atoms with Gasteiger partial charge in [0.1, 0.15) is 5.84 Å². The minimum atomic E-state index is 0.266. The van der Waals surface area contributed by atoms with Crippen LogP contribution in [0.1, 0.15) is 29.8 Å². The van der Waals surface area contributed by atoms with Crippen molar-refractivity contribution in [2.45, 2.75) is 38.8 Å². The van der Waals surface area contributed by atoms with E-state index >= 15 is 0 Å². The first-order chi connectivity index (χ1) is 8.04. The summed E-state index contributed by atoms with van der Waals surface area (Å²) in [6, 6.07) is 0. The van der Waals surface area contributed by atoms with Crippen LogP contribution in [-0.4, -0.2) is 26.8 Å². The molecule has 5 nitrogen and oxygen atoms in total. The molecule has 0 aliphatic rings. The molecule has 0 fully saturated rings. The van der Waals surface area contributed by atoms with Crippen LogP contribution < -0.4 is 5.73 Å². The fourth-order valence-corrected chi connectivity index (χ4v) is 2.15. The zero-order valence-corrected chi connectivity index (χ0v) is 11.2. The van der Waals surface area contributed by atoms with Gasteiger partial charge in [0.2, 0.25) is 0 Å². The molecule has 0 atom stereocenters. The minimum Gasteiger partial charge on any atom is -0.409 e. The number of nitrogens with zero attached hydrogens (tertiary/aromatic N) is 3. The van der Waals surface area contributed by atoms with Gasteiger partial charge in [-0.05, 0) is 32.8 Å². The Kier molecular flexibility index (Phi) is 5.21. The summed E-state index contributed by atoms with van der Waals surface area (Å²) in [7, 11) is 0. The maximum Gasteiger partial charge on any atom is 0.187 e. The first kappa shape index (κ1) is 13.8. The van der Waals surface area contributed by atoms with Crippen molar-refractivity contribution in [1.29, 1.82) is 0 Å². The van der Waals surface area contributed by atoms with Crippen molar-refractivity contribution < 1.29 is 5.21 Å². The molecule has 17 heavy (non-hydrogen) atoms. The Morgan fingerprint density at radius 3 is 2.41 bits per heavy atom. The summed E-state index contributed by atoms with van der Waals surface area (Å²) in [5.41, 5.74) is 8.57. The molecule has 0 bridgehead atoms. The molecule has 1 heterocycles. The van der Waals surface area contributed by atoms with Crippen LogP contribution in [0.2, 0.25) is 0 Å². The van der Waals surface area contributed by atoms with Gasteiger partial charge in [0.05, 0.1) is 0 Å². The van der Waals surface area contributed by atoms with Crippen LogP contribution >= 0.6 is 11.8 Å². The molecule has 0 unspecified atom stereocenters. The van der Waals surface area contributed by atoms with Gasteiger partial charge in [-0.3, -0.25) is 0 Å². The number of hydrogen-bond acceptors (Lipinski definition) is 5. The Bertz CT molecular complexity index is 397. The van der Waals surface area contributed by atoms with Crippen molar-refractivity contribution in [2.75, 3.05) is 5.75 Å². The third-order valence-corrected chi connectivity index (χ3v) is 3.48. The monoisotopic (exact) mass is 254 g/mol. The molecule has 0 saturated carbocycles. The molecular formula is C11H18N4OS. The lowest BCUT2D eigenvalue weighted by atomic mass is 10.2. The van der Waals surface area contributed by atoms with Gasteiger partial charge in [0, 0.05) is 23.6 Å². The smallest absolute Gasteiger partial charge is 0.187 e. The summed E-state index contributed by atoms with van der Waals surface area (Å²) < 4.78 is 0. The SMILES string of the molecule is Cc1nc(SCCCC(N)=NO)nc(C)c1C. The molecule has 0 aliphatic carbocycles. The first-order valence-electron chi connectivity index (χ1n) is 5.45. The highest BCUT2D eigenvalue weighted by Gasteiger charge is 2.05. The molecule has 3 N–H and O–H groups in total. The molecule has 6 heteroatoms. The van der Waals surface area contributed by atoms with E-state index < -0.39 is 0 Å². The Labute approximate surface area is 106 Å². The maximum absolute atomic E-state index is 8.39. The summed E-state index contributed by atoms with van der Waals surface area (Å²) >= 11 is 1.60. The van der Waals surface area contributed by atoms with Gasteiger partial charge in [-0.1, -0.05) is 16.9 Å². The zero-order chi connectivity index (χ0) is 12.8. The second-order valence-corrected chi connectivity index (χ2v) is 4.91. The van der Waals surface area contributed by atoms with Gasteiger partial charge in [-0.15, -0.1) is 0 Å². The van der Waals surface area contributed by atoms with Crippen molar-refractivity contribution in [3.8, 4) is 0 Å². The summed E-state index contributed by atoms with van der Waals surface area (Å²) in [6.07, 6.45) is 1.43. The Hall–Kier alpha value is -1.30. The molecule has 1 rings (SSSR count). The van der Waals surface area contributed by atoms with E-state index in [1.165, 1.54) is 0 Å². The normalized spacial score (nSPS) is 11.8. The van der Waals surface area contributed by atoms with E-state index in [-0.39, 0.29) is 5.84 Å². The van der Waals surface area contributed by atoms with Gasteiger partial charge in [0.25, 0.3) is 0 Å². The lowest BCUT2D eigenvalue weighted by molar-refractivity contribution is 0.317. The quantitative estimate of drug-likeness (QED) is 0.160. The van der Waals surface area contributed by atoms with Crippen LogP contribution in [0.25, 0.3) is 0 Å². The van der Waals surface area contributed by atoms with E-state index in [2.05, 4.69) is 15.1 Å². The number of aromatic nitrogens is 2. The topological polar surface area (TPSA) is 84.4 Å². The van der Waals surface area contributed by atoms with Gasteiger partial charge < -0.3 is 10.9 Å². The molecule has 0 saturated heterocycles. The average Bonchev–Trinajstić information content (AvgIpc) is 2.31. The third-order valence-electron chi connectivity index (χ3n) is 2.55. The number of nitrogens with two attached hydrogens (primary N) is 1. The average molecular weight is 254 g/mol. The molecule has 0 aromatic carbocycles. The Balaban J connectivity index is 2.48. The molecule has 0 aliphatic heterocycles. The Morgan fingerprint density at radius 1 is 1.29 bits per heavy atom. The molecule has 0 radical (unpaired) electrons. The maximum atomic E-state index is 8.39. The minimum absolute atomic E-state index is 0.266. The van der Waals surface area contributed by atoms with Gasteiger partial charge in [0.15, 0.2) is 5.16 Å².